The minimum absolute atomic E-state index is 0.148. The van der Waals surface area contributed by atoms with Gasteiger partial charge in [0, 0.05) is 29.5 Å². The van der Waals surface area contributed by atoms with E-state index in [0.29, 0.717) is 31.6 Å². The van der Waals surface area contributed by atoms with Gasteiger partial charge >= 0.3 is 12.2 Å². The van der Waals surface area contributed by atoms with Gasteiger partial charge < -0.3 is 24.8 Å². The van der Waals surface area contributed by atoms with Crippen LogP contribution in [0.1, 0.15) is 74.9 Å². The van der Waals surface area contributed by atoms with Gasteiger partial charge in [0.1, 0.15) is 23.3 Å². The molecule has 1 fully saturated rings. The third kappa shape index (κ3) is 6.87. The number of aryl methyl sites for hydroxylation is 1. The lowest BCUT2D eigenvalue weighted by atomic mass is 10.0. The normalized spacial score (nSPS) is 19.1. The van der Waals surface area contributed by atoms with E-state index in [1.807, 2.05) is 80.4 Å². The van der Waals surface area contributed by atoms with Crippen molar-refractivity contribution in [3.8, 4) is 33.8 Å². The Kier molecular flexibility index (Phi) is 9.02. The van der Waals surface area contributed by atoms with E-state index in [1.165, 1.54) is 7.11 Å². The molecule has 13 nitrogen and oxygen atoms in total. The Balaban J connectivity index is 0.906. The molecule has 3 N–H and O–H groups in total. The average molecular weight is 765 g/mol. The van der Waals surface area contributed by atoms with Crippen molar-refractivity contribution in [3.05, 3.63) is 108 Å². The average Bonchev–Trinajstić information content (AvgIpc) is 4.03. The number of hydrogen-bond acceptors (Lipinski definition) is 8. The number of ether oxygens (including phenoxy) is 2. The fourth-order valence-corrected chi connectivity index (χ4v) is 8.35. The summed E-state index contributed by atoms with van der Waals surface area (Å²) >= 11 is 0. The summed E-state index contributed by atoms with van der Waals surface area (Å²) in [6, 6.07) is 23.4. The zero-order valence-corrected chi connectivity index (χ0v) is 32.3. The summed E-state index contributed by atoms with van der Waals surface area (Å²) in [5.41, 5.74) is 8.91. The van der Waals surface area contributed by atoms with Crippen molar-refractivity contribution in [2.24, 2.45) is 0 Å². The molecule has 3 atom stereocenters. The standard InChI is InChI=1S/C44H44N8O5/c1-44(2,3)57-43(55)51-20-6-9-36(51)39-45-24-35(49-39)29-16-18-32-28(21-29)15-17-31(47-32)25-10-12-26(13-11-25)34-23-46-40(48-34)37-22-30-8-5-7-27-14-19-33(50-42(54)56-4)41(53)52(37)38(27)30/h5,7-8,10-13,15-18,21,23-24,33,36-37H,6,9,14,19-20,22H2,1-4H3,(H,45,49)(H,46,48)(H,50,54)/t33-,36?,37-/m0/s1. The number of methoxy groups -OCH3 is 1. The lowest BCUT2D eigenvalue weighted by molar-refractivity contribution is -0.121. The van der Waals surface area contributed by atoms with E-state index in [-0.39, 0.29) is 24.1 Å². The molecule has 1 unspecified atom stereocenters. The largest absolute Gasteiger partial charge is 0.453 e. The molecule has 6 heterocycles. The summed E-state index contributed by atoms with van der Waals surface area (Å²) in [7, 11) is 1.30. The van der Waals surface area contributed by atoms with E-state index in [1.54, 1.807) is 11.1 Å². The second-order valence-electron chi connectivity index (χ2n) is 16.0. The number of carbonyl (C=O) groups excluding carboxylic acids is 3. The fraction of sp³-hybridized carbons (Fsp3) is 0.318. The quantitative estimate of drug-likeness (QED) is 0.154. The second kappa shape index (κ2) is 14.2. The van der Waals surface area contributed by atoms with Crippen LogP contribution in [-0.2, 0) is 27.1 Å². The van der Waals surface area contributed by atoms with Crippen LogP contribution in [0.25, 0.3) is 44.7 Å². The number of rotatable bonds is 6. The SMILES string of the molecule is COC(=O)N[C@H]1CCc2cccc3c2N(C1=O)[C@H](c1ncc(-c2ccc(-c4ccc5cc(-c6cnc(C7CCCN7C(=O)OC(C)(C)C)[nH]6)ccc5n4)cc2)[nH]1)C3. The van der Waals surface area contributed by atoms with Crippen molar-refractivity contribution < 1.29 is 23.9 Å². The van der Waals surface area contributed by atoms with Gasteiger partial charge in [0.2, 0.25) is 5.91 Å². The molecule has 0 aliphatic carbocycles. The van der Waals surface area contributed by atoms with Gasteiger partial charge in [-0.15, -0.1) is 0 Å². The number of amides is 3. The van der Waals surface area contributed by atoms with Crippen LogP contribution in [0.15, 0.2) is 85.2 Å². The molecular weight excluding hydrogens is 721 g/mol. The Morgan fingerprint density at radius 1 is 0.842 bits per heavy atom. The summed E-state index contributed by atoms with van der Waals surface area (Å²) in [5, 5.41) is 3.74. The first-order valence-electron chi connectivity index (χ1n) is 19.4. The first-order valence-corrected chi connectivity index (χ1v) is 19.4. The number of para-hydroxylation sites is 1. The molecule has 9 rings (SSSR count). The molecule has 3 amide bonds. The molecule has 290 valence electrons. The van der Waals surface area contributed by atoms with E-state index < -0.39 is 17.7 Å². The van der Waals surface area contributed by atoms with Crippen molar-refractivity contribution >= 4 is 34.7 Å². The van der Waals surface area contributed by atoms with Gasteiger partial charge in [-0.1, -0.05) is 54.6 Å². The molecule has 13 heteroatoms. The Labute approximate surface area is 329 Å². The maximum absolute atomic E-state index is 13.9. The highest BCUT2D eigenvalue weighted by Crippen LogP contribution is 2.44. The molecule has 1 saturated heterocycles. The number of carbonyl (C=O) groups is 3. The maximum atomic E-state index is 13.9. The monoisotopic (exact) mass is 764 g/mol. The lowest BCUT2D eigenvalue weighted by Crippen LogP contribution is -2.48. The topological polar surface area (TPSA) is 158 Å². The van der Waals surface area contributed by atoms with Crippen molar-refractivity contribution in [1.82, 2.24) is 35.1 Å². The number of H-pyrrole nitrogens is 2. The molecule has 0 spiro atoms. The van der Waals surface area contributed by atoms with Crippen LogP contribution in [0.2, 0.25) is 0 Å². The Bertz CT molecular complexity index is 2520. The fourth-order valence-electron chi connectivity index (χ4n) is 8.35. The predicted octanol–water partition coefficient (Wildman–Crippen LogP) is 8.06. The summed E-state index contributed by atoms with van der Waals surface area (Å²) in [5.74, 6) is 1.28. The summed E-state index contributed by atoms with van der Waals surface area (Å²) in [6.45, 7) is 6.28. The van der Waals surface area contributed by atoms with Gasteiger partial charge in [0.15, 0.2) is 0 Å². The number of aromatic amines is 2. The number of anilines is 1. The third-order valence-corrected chi connectivity index (χ3v) is 11.1. The Hall–Kier alpha value is -6.50. The first-order chi connectivity index (χ1) is 27.5. The number of nitrogens with one attached hydrogen (secondary N) is 3. The third-order valence-electron chi connectivity index (χ3n) is 11.1. The van der Waals surface area contributed by atoms with Gasteiger partial charge in [-0.2, -0.15) is 0 Å². The number of hydrogen-bond donors (Lipinski definition) is 3. The molecule has 3 aromatic heterocycles. The minimum Gasteiger partial charge on any atom is -0.453 e. The number of alkyl carbamates (subject to hydrolysis) is 1. The second-order valence-corrected chi connectivity index (χ2v) is 16.0. The number of likely N-dealkylation sites (tertiary alicyclic amines) is 1. The van der Waals surface area contributed by atoms with E-state index in [2.05, 4.69) is 44.5 Å². The summed E-state index contributed by atoms with van der Waals surface area (Å²) < 4.78 is 10.5. The van der Waals surface area contributed by atoms with Crippen LogP contribution in [0, 0.1) is 0 Å². The van der Waals surface area contributed by atoms with Crippen molar-refractivity contribution in [2.45, 2.75) is 76.6 Å². The van der Waals surface area contributed by atoms with Crippen LogP contribution >= 0.6 is 0 Å². The molecule has 3 aromatic carbocycles. The highest BCUT2D eigenvalue weighted by atomic mass is 16.6. The molecule has 6 aromatic rings. The van der Waals surface area contributed by atoms with Crippen LogP contribution in [0.4, 0.5) is 15.3 Å². The molecular formula is C44H44N8O5. The van der Waals surface area contributed by atoms with E-state index in [0.717, 1.165) is 80.2 Å². The van der Waals surface area contributed by atoms with Crippen LogP contribution in [-0.4, -0.2) is 73.2 Å². The maximum Gasteiger partial charge on any atom is 0.410 e. The molecule has 57 heavy (non-hydrogen) atoms. The Morgan fingerprint density at radius 3 is 2.30 bits per heavy atom. The van der Waals surface area contributed by atoms with E-state index in [9.17, 15) is 14.4 Å². The summed E-state index contributed by atoms with van der Waals surface area (Å²) in [6.07, 6.45) is 6.20. The van der Waals surface area contributed by atoms with Crippen LogP contribution in [0.3, 0.4) is 0 Å². The number of fused-ring (bicyclic) bond motifs is 1. The smallest absolute Gasteiger partial charge is 0.410 e. The molecule has 0 bridgehead atoms. The highest BCUT2D eigenvalue weighted by Gasteiger charge is 2.43. The molecule has 3 aliphatic rings. The minimum atomic E-state index is -0.697. The molecule has 3 aliphatic heterocycles. The number of nitrogens with zero attached hydrogens (tertiary/aromatic N) is 5. The number of pyridine rings is 1. The van der Waals surface area contributed by atoms with Crippen LogP contribution in [0.5, 0.6) is 0 Å². The zero-order valence-electron chi connectivity index (χ0n) is 32.3. The zero-order chi connectivity index (χ0) is 39.4. The number of imidazole rings is 2. The summed E-state index contributed by atoms with van der Waals surface area (Å²) in [4.78, 5) is 63.8. The predicted molar refractivity (Wildman–Crippen MR) is 215 cm³/mol. The van der Waals surface area contributed by atoms with E-state index >= 15 is 0 Å². The first kappa shape index (κ1) is 36.2. The van der Waals surface area contributed by atoms with Gasteiger partial charge in [0.25, 0.3) is 0 Å². The van der Waals surface area contributed by atoms with Gasteiger partial charge in [0.05, 0.1) is 59.9 Å². The molecule has 0 radical (unpaired) electrons. The van der Waals surface area contributed by atoms with Gasteiger partial charge in [-0.3, -0.25) is 14.6 Å². The number of benzene rings is 3. The van der Waals surface area contributed by atoms with Crippen LogP contribution < -0.4 is 10.2 Å². The van der Waals surface area contributed by atoms with Crippen molar-refractivity contribution in [2.75, 3.05) is 18.6 Å². The van der Waals surface area contributed by atoms with Crippen molar-refractivity contribution in [1.29, 1.82) is 0 Å². The number of aromatic nitrogens is 5. The van der Waals surface area contributed by atoms with Gasteiger partial charge in [-0.05, 0) is 81.3 Å². The molecule has 0 saturated carbocycles. The van der Waals surface area contributed by atoms with E-state index in [4.69, 9.17) is 19.4 Å². The van der Waals surface area contributed by atoms with Crippen molar-refractivity contribution in [3.63, 3.8) is 0 Å². The van der Waals surface area contributed by atoms with Gasteiger partial charge in [-0.25, -0.2) is 24.5 Å². The lowest BCUT2D eigenvalue weighted by Gasteiger charge is -2.27. The highest BCUT2D eigenvalue weighted by molar-refractivity contribution is 6.02. The Morgan fingerprint density at radius 2 is 1.54 bits per heavy atom.